The third-order valence-electron chi connectivity index (χ3n) is 7.56. The minimum atomic E-state index is -6.09. The van der Waals surface area contributed by atoms with Gasteiger partial charge < -0.3 is 14.7 Å². The van der Waals surface area contributed by atoms with Gasteiger partial charge in [0.05, 0.1) is 24.5 Å². The molecule has 1 heterocycles. The van der Waals surface area contributed by atoms with Crippen LogP contribution >= 0.6 is 0 Å². The lowest BCUT2D eigenvalue weighted by Gasteiger charge is -2.38. The van der Waals surface area contributed by atoms with E-state index in [1.165, 1.54) is 29.2 Å². The molecule has 0 saturated heterocycles. The number of rotatable bonds is 6. The monoisotopic (exact) mass is 593 g/mol. The SMILES string of the molecule is CC(C(=O)OC(c1ccc2c(c1)CCC(O)CN2C(=O)C(C)c1ccccc1)(C(F)(F)F)C(F)(F)F)c1ccccc1. The number of hydrogen-bond acceptors (Lipinski definition) is 4. The fraction of sp³-hybridized carbons (Fsp3) is 0.355. The van der Waals surface area contributed by atoms with Crippen molar-refractivity contribution >= 4 is 17.6 Å². The summed E-state index contributed by atoms with van der Waals surface area (Å²) in [6.45, 7) is 2.58. The highest BCUT2D eigenvalue weighted by Crippen LogP contribution is 2.54. The summed E-state index contributed by atoms with van der Waals surface area (Å²) >= 11 is 0. The number of esters is 1. The van der Waals surface area contributed by atoms with E-state index in [2.05, 4.69) is 4.74 Å². The lowest BCUT2D eigenvalue weighted by Crippen LogP contribution is -2.57. The number of aryl methyl sites for hydroxylation is 1. The minimum Gasteiger partial charge on any atom is -0.434 e. The zero-order chi connectivity index (χ0) is 30.9. The van der Waals surface area contributed by atoms with Crippen LogP contribution in [-0.2, 0) is 26.3 Å². The van der Waals surface area contributed by atoms with Crippen LogP contribution in [0.1, 0.15) is 54.4 Å². The van der Waals surface area contributed by atoms with Crippen molar-refractivity contribution in [3.8, 4) is 0 Å². The van der Waals surface area contributed by atoms with Gasteiger partial charge in [0.25, 0.3) is 0 Å². The van der Waals surface area contributed by atoms with Crippen molar-refractivity contribution in [1.82, 2.24) is 0 Å². The summed E-state index contributed by atoms with van der Waals surface area (Å²) in [4.78, 5) is 27.5. The van der Waals surface area contributed by atoms with Crippen molar-refractivity contribution in [2.45, 2.75) is 62.6 Å². The molecule has 0 saturated carbocycles. The van der Waals surface area contributed by atoms with Crippen LogP contribution in [-0.4, -0.2) is 42.0 Å². The molecule has 0 radical (unpaired) electrons. The minimum absolute atomic E-state index is 0.0180. The molecule has 5 nitrogen and oxygen atoms in total. The molecular weight excluding hydrogens is 564 g/mol. The van der Waals surface area contributed by atoms with E-state index in [0.29, 0.717) is 17.7 Å². The second kappa shape index (κ2) is 11.8. The summed E-state index contributed by atoms with van der Waals surface area (Å²) in [5.41, 5.74) is -5.46. The number of hydrogen-bond donors (Lipinski definition) is 1. The van der Waals surface area contributed by atoms with Gasteiger partial charge in [-0.25, -0.2) is 0 Å². The maximum absolute atomic E-state index is 14.6. The number of fused-ring (bicyclic) bond motifs is 1. The molecule has 0 spiro atoms. The van der Waals surface area contributed by atoms with E-state index in [4.69, 9.17) is 0 Å². The average molecular weight is 594 g/mol. The fourth-order valence-electron chi connectivity index (χ4n) is 5.10. The van der Waals surface area contributed by atoms with Gasteiger partial charge in [0.1, 0.15) is 0 Å². The number of carbonyl (C=O) groups excluding carboxylic acids is 2. The highest BCUT2D eigenvalue weighted by molar-refractivity contribution is 5.98. The van der Waals surface area contributed by atoms with Crippen molar-refractivity contribution in [2.24, 2.45) is 0 Å². The van der Waals surface area contributed by atoms with Gasteiger partial charge in [-0.3, -0.25) is 9.59 Å². The highest BCUT2D eigenvalue weighted by Gasteiger charge is 2.75. The summed E-state index contributed by atoms with van der Waals surface area (Å²) in [5.74, 6) is -4.35. The Labute approximate surface area is 238 Å². The summed E-state index contributed by atoms with van der Waals surface area (Å²) in [6.07, 6.45) is -13.4. The van der Waals surface area contributed by atoms with Crippen molar-refractivity contribution < 1.29 is 45.8 Å². The van der Waals surface area contributed by atoms with Crippen molar-refractivity contribution in [2.75, 3.05) is 11.4 Å². The van der Waals surface area contributed by atoms with Gasteiger partial charge in [-0.1, -0.05) is 66.7 Å². The smallest absolute Gasteiger partial charge is 0.434 e. The first-order chi connectivity index (χ1) is 19.7. The number of alkyl halides is 6. The van der Waals surface area contributed by atoms with Crippen LogP contribution in [0.4, 0.5) is 32.0 Å². The Morgan fingerprint density at radius 2 is 1.36 bits per heavy atom. The number of aliphatic hydroxyl groups is 1. The first-order valence-corrected chi connectivity index (χ1v) is 13.3. The summed E-state index contributed by atoms with van der Waals surface area (Å²) < 4.78 is 91.8. The first kappa shape index (κ1) is 31.1. The van der Waals surface area contributed by atoms with Crippen LogP contribution in [0.15, 0.2) is 78.9 Å². The number of carbonyl (C=O) groups is 2. The lowest BCUT2D eigenvalue weighted by atomic mass is 9.88. The molecule has 224 valence electrons. The molecule has 0 aliphatic carbocycles. The topological polar surface area (TPSA) is 66.8 Å². The Hall–Kier alpha value is -3.86. The molecule has 11 heteroatoms. The standard InChI is InChI=1S/C31H29F6NO4/c1-19(21-9-5-3-6-10-21)27(40)38-18-25(39)15-13-23-17-24(14-16-26(23)38)29(30(32,33)34,31(35,36)37)42-28(41)20(2)22-11-7-4-8-12-22/h3-12,14,16-17,19-20,25,39H,13,15,18H2,1-2H3. The fourth-order valence-corrected chi connectivity index (χ4v) is 5.10. The number of nitrogens with zero attached hydrogens (tertiary/aromatic N) is 1. The molecule has 1 N–H and O–H groups in total. The lowest BCUT2D eigenvalue weighted by molar-refractivity contribution is -0.378. The number of β-amino-alcohol motifs (C(OH)–C–C–N with tert-alkyl or cyclic N) is 1. The molecule has 1 aliphatic rings. The molecule has 42 heavy (non-hydrogen) atoms. The zero-order valence-electron chi connectivity index (χ0n) is 22.7. The molecule has 3 unspecified atom stereocenters. The molecule has 3 aromatic rings. The predicted molar refractivity (Wildman–Crippen MR) is 143 cm³/mol. The van der Waals surface area contributed by atoms with Gasteiger partial charge in [0.15, 0.2) is 0 Å². The van der Waals surface area contributed by atoms with Crippen LogP contribution in [0.25, 0.3) is 0 Å². The van der Waals surface area contributed by atoms with Crippen LogP contribution < -0.4 is 4.90 Å². The molecule has 1 aliphatic heterocycles. The molecule has 0 aromatic heterocycles. The molecule has 0 fully saturated rings. The van der Waals surface area contributed by atoms with E-state index in [9.17, 15) is 41.0 Å². The van der Waals surface area contributed by atoms with Crippen LogP contribution in [0, 0.1) is 0 Å². The maximum atomic E-state index is 14.6. The van der Waals surface area contributed by atoms with E-state index in [1.807, 2.05) is 0 Å². The second-order valence-corrected chi connectivity index (χ2v) is 10.3. The third-order valence-corrected chi connectivity index (χ3v) is 7.56. The Bertz CT molecular complexity index is 1390. The Kier molecular flexibility index (Phi) is 8.73. The summed E-state index contributed by atoms with van der Waals surface area (Å²) in [6, 6.07) is 18.2. The van der Waals surface area contributed by atoms with E-state index in [-0.39, 0.29) is 36.2 Å². The van der Waals surface area contributed by atoms with E-state index in [1.54, 1.807) is 43.3 Å². The molecule has 1 amide bonds. The van der Waals surface area contributed by atoms with E-state index in [0.717, 1.165) is 13.0 Å². The Balaban J connectivity index is 1.80. The molecular formula is C31H29F6NO4. The summed E-state index contributed by atoms with van der Waals surface area (Å²) in [5, 5.41) is 10.5. The number of amides is 1. The number of aliphatic hydroxyl groups excluding tert-OH is 1. The third kappa shape index (κ3) is 5.88. The van der Waals surface area contributed by atoms with E-state index >= 15 is 0 Å². The number of benzene rings is 3. The predicted octanol–water partition coefficient (Wildman–Crippen LogP) is 6.80. The van der Waals surface area contributed by atoms with Crippen molar-refractivity contribution in [3.05, 3.63) is 101 Å². The van der Waals surface area contributed by atoms with Gasteiger partial charge in [0.2, 0.25) is 5.91 Å². The largest absolute Gasteiger partial charge is 0.442 e. The van der Waals surface area contributed by atoms with Crippen LogP contribution in [0.5, 0.6) is 0 Å². The summed E-state index contributed by atoms with van der Waals surface area (Å²) in [7, 11) is 0. The van der Waals surface area contributed by atoms with Gasteiger partial charge >= 0.3 is 23.9 Å². The van der Waals surface area contributed by atoms with Crippen molar-refractivity contribution in [3.63, 3.8) is 0 Å². The maximum Gasteiger partial charge on any atom is 0.442 e. The van der Waals surface area contributed by atoms with Crippen LogP contribution in [0.3, 0.4) is 0 Å². The van der Waals surface area contributed by atoms with E-state index < -0.39 is 53.3 Å². The molecule has 3 atom stereocenters. The normalized spacial score (nSPS) is 17.5. The highest BCUT2D eigenvalue weighted by atomic mass is 19.4. The van der Waals surface area contributed by atoms with Gasteiger partial charge in [-0.15, -0.1) is 0 Å². The van der Waals surface area contributed by atoms with Gasteiger partial charge in [-0.05, 0) is 55.5 Å². The number of anilines is 1. The zero-order valence-corrected chi connectivity index (χ0v) is 22.7. The van der Waals surface area contributed by atoms with Crippen molar-refractivity contribution in [1.29, 1.82) is 0 Å². The molecule has 3 aromatic carbocycles. The Morgan fingerprint density at radius 1 is 0.833 bits per heavy atom. The quantitative estimate of drug-likeness (QED) is 0.252. The van der Waals surface area contributed by atoms with Gasteiger partial charge in [0, 0.05) is 11.3 Å². The molecule has 0 bridgehead atoms. The number of ether oxygens (including phenoxy) is 1. The first-order valence-electron chi connectivity index (χ1n) is 13.3. The second-order valence-electron chi connectivity index (χ2n) is 10.3. The average Bonchev–Trinajstić information content (AvgIpc) is 3.12. The van der Waals surface area contributed by atoms with Crippen LogP contribution in [0.2, 0.25) is 0 Å². The number of halogens is 6. The Morgan fingerprint density at radius 3 is 1.88 bits per heavy atom. The van der Waals surface area contributed by atoms with Gasteiger partial charge in [-0.2, -0.15) is 26.3 Å². The molecule has 4 rings (SSSR count).